The second kappa shape index (κ2) is 10.5. The summed E-state index contributed by atoms with van der Waals surface area (Å²) < 4.78 is 7.58. The van der Waals surface area contributed by atoms with Gasteiger partial charge in [-0.3, -0.25) is 4.79 Å². The molecule has 3 N–H and O–H groups in total. The topological polar surface area (TPSA) is 53.2 Å². The van der Waals surface area contributed by atoms with Crippen LogP contribution < -0.4 is 16.0 Å². The first-order valence-corrected chi connectivity index (χ1v) is 5.27. The Morgan fingerprint density at radius 1 is 1.36 bits per heavy atom. The van der Waals surface area contributed by atoms with Crippen LogP contribution in [0.2, 0.25) is 0 Å². The molecule has 1 amide bonds. The van der Waals surface area contributed by atoms with E-state index in [1.54, 1.807) is 0 Å². The minimum Gasteiger partial charge on any atom is -0.354 e. The van der Waals surface area contributed by atoms with Gasteiger partial charge in [0.1, 0.15) is 0 Å². The molecule has 0 saturated heterocycles. The van der Waals surface area contributed by atoms with Crippen molar-refractivity contribution < 1.29 is 6.17 Å². The first-order valence-electron chi connectivity index (χ1n) is 5.85. The van der Waals surface area contributed by atoms with Crippen molar-refractivity contribution in [3.05, 3.63) is 0 Å². The van der Waals surface area contributed by atoms with Crippen LogP contribution in [0.3, 0.4) is 0 Å². The lowest BCUT2D eigenvalue weighted by molar-refractivity contribution is -0.120. The number of hydrogen-bond acceptors (Lipinski definition) is 3. The Morgan fingerprint density at radius 3 is 2.79 bits per heavy atom. The molecule has 0 aromatic rings. The molecule has 0 fully saturated rings. The van der Waals surface area contributed by atoms with Gasteiger partial charge in [-0.2, -0.15) is 0 Å². The maximum atomic E-state index is 11.2. The Morgan fingerprint density at radius 2 is 2.14 bits per heavy atom. The lowest BCUT2D eigenvalue weighted by Gasteiger charge is -2.05. The fourth-order valence-electron chi connectivity index (χ4n) is 0.963. The van der Waals surface area contributed by atoms with E-state index in [1.807, 2.05) is 7.05 Å². The molecule has 0 unspecified atom stereocenters. The van der Waals surface area contributed by atoms with Gasteiger partial charge in [-0.1, -0.05) is 19.8 Å². The van der Waals surface area contributed by atoms with E-state index in [0.29, 0.717) is 6.54 Å². The predicted octanol–water partition coefficient (Wildman–Crippen LogP) is 0.102. The van der Waals surface area contributed by atoms with E-state index in [2.05, 4.69) is 22.9 Å². The lowest BCUT2D eigenvalue weighted by atomic mass is 10.2. The van der Waals surface area contributed by atoms with Crippen LogP contribution in [0.5, 0.6) is 0 Å². The third-order valence-electron chi connectivity index (χ3n) is 1.81. The van der Waals surface area contributed by atoms with Crippen LogP contribution in [0.15, 0.2) is 0 Å². The van der Waals surface area contributed by atoms with Gasteiger partial charge in [0.2, 0.25) is 5.91 Å². The molecule has 4 nitrogen and oxygen atoms in total. The second-order valence-electron chi connectivity index (χ2n) is 3.18. The predicted molar refractivity (Wildman–Crippen MR) is 59.3 cm³/mol. The molecule has 0 spiro atoms. The molecule has 0 aliphatic rings. The number of rotatable bonds is 9. The van der Waals surface area contributed by atoms with Gasteiger partial charge in [0.05, 0.1) is 6.54 Å². The van der Waals surface area contributed by atoms with Crippen molar-refractivity contribution in [1.82, 2.24) is 16.0 Å². The van der Waals surface area contributed by atoms with E-state index < -0.39 is 0 Å². The van der Waals surface area contributed by atoms with E-state index in [4.69, 9.17) is 1.37 Å². The van der Waals surface area contributed by atoms with E-state index >= 15 is 0 Å². The molecule has 0 aromatic heterocycles. The van der Waals surface area contributed by atoms with Crippen molar-refractivity contribution in [2.24, 2.45) is 0 Å². The molecule has 0 aromatic carbocycles. The Kier molecular flexibility index (Phi) is 8.57. The van der Waals surface area contributed by atoms with E-state index in [0.717, 1.165) is 25.8 Å². The minimum atomic E-state index is -0.319. The zero-order valence-corrected chi connectivity index (χ0v) is 9.23. The Bertz CT molecular complexity index is 167. The smallest absolute Gasteiger partial charge is 0.234 e. The van der Waals surface area contributed by atoms with Gasteiger partial charge in [0.15, 0.2) is 0 Å². The molecule has 0 aliphatic heterocycles. The highest BCUT2D eigenvalue weighted by Crippen LogP contribution is 1.90. The standard InChI is InChI=1S/C10H23N3O/c1-3-4-5-6-12-9-10(14)13-8-7-11-2/h11-12H,3-9H2,1-2H3,(H,13,14)/i6D/t6-/m0/s1. The molecule has 0 bridgehead atoms. The largest absolute Gasteiger partial charge is 0.354 e. The lowest BCUT2D eigenvalue weighted by Crippen LogP contribution is -2.37. The molecule has 0 saturated carbocycles. The molecule has 1 atom stereocenters. The van der Waals surface area contributed by atoms with Gasteiger partial charge >= 0.3 is 0 Å². The molecular weight excluding hydrogens is 178 g/mol. The SMILES string of the molecule is [2H][C@@H](CCCC)NCC(=O)NCCNC. The quantitative estimate of drug-likeness (QED) is 0.465. The molecule has 0 aliphatic carbocycles. The fraction of sp³-hybridized carbons (Fsp3) is 0.900. The molecule has 0 radical (unpaired) electrons. The Hall–Kier alpha value is -0.610. The van der Waals surface area contributed by atoms with Crippen molar-refractivity contribution in [2.45, 2.75) is 26.2 Å². The van der Waals surface area contributed by atoms with Crippen LogP contribution in [-0.4, -0.2) is 39.1 Å². The van der Waals surface area contributed by atoms with Gasteiger partial charge in [-0.05, 0) is 20.0 Å². The molecule has 4 heteroatoms. The summed E-state index contributed by atoms with van der Waals surface area (Å²) in [4.78, 5) is 11.2. The van der Waals surface area contributed by atoms with Gasteiger partial charge in [-0.25, -0.2) is 0 Å². The monoisotopic (exact) mass is 202 g/mol. The third kappa shape index (κ3) is 9.48. The van der Waals surface area contributed by atoms with Crippen LogP contribution in [0, 0.1) is 0 Å². The molecule has 0 rings (SSSR count). The van der Waals surface area contributed by atoms with Crippen molar-refractivity contribution in [3.63, 3.8) is 0 Å². The van der Waals surface area contributed by atoms with Gasteiger partial charge < -0.3 is 16.0 Å². The van der Waals surface area contributed by atoms with E-state index in [9.17, 15) is 4.79 Å². The molecule has 14 heavy (non-hydrogen) atoms. The van der Waals surface area contributed by atoms with E-state index in [1.165, 1.54) is 0 Å². The summed E-state index contributed by atoms with van der Waals surface area (Å²) in [5, 5.41) is 8.57. The van der Waals surface area contributed by atoms with Gasteiger partial charge in [-0.15, -0.1) is 0 Å². The summed E-state index contributed by atoms with van der Waals surface area (Å²) in [5.41, 5.74) is 0. The van der Waals surface area contributed by atoms with E-state index in [-0.39, 0.29) is 19.0 Å². The number of hydrogen-bond donors (Lipinski definition) is 3. The van der Waals surface area contributed by atoms with Crippen LogP contribution in [-0.2, 0) is 4.79 Å². The van der Waals surface area contributed by atoms with Crippen molar-refractivity contribution in [3.8, 4) is 0 Å². The molecule has 0 heterocycles. The summed E-state index contributed by atoms with van der Waals surface area (Å²) in [6.45, 7) is 3.42. The Balaban J connectivity index is 3.36. The number of unbranched alkanes of at least 4 members (excludes halogenated alkanes) is 1. The number of carbonyl (C=O) groups is 1. The van der Waals surface area contributed by atoms with Crippen LogP contribution in [0.4, 0.5) is 0 Å². The summed E-state index contributed by atoms with van der Waals surface area (Å²) >= 11 is 0. The highest BCUT2D eigenvalue weighted by atomic mass is 16.1. The maximum Gasteiger partial charge on any atom is 0.234 e. The summed E-state index contributed by atoms with van der Waals surface area (Å²) in [7, 11) is 1.84. The zero-order chi connectivity index (χ0) is 11.5. The van der Waals surface area contributed by atoms with Crippen molar-refractivity contribution >= 4 is 5.91 Å². The highest BCUT2D eigenvalue weighted by Gasteiger charge is 1.97. The number of amides is 1. The van der Waals surface area contributed by atoms with Crippen LogP contribution in [0.1, 0.15) is 27.6 Å². The van der Waals surface area contributed by atoms with Crippen LogP contribution in [0.25, 0.3) is 0 Å². The Labute approximate surface area is 88.2 Å². The fourth-order valence-corrected chi connectivity index (χ4v) is 0.963. The first kappa shape index (κ1) is 11.5. The number of nitrogens with one attached hydrogen (secondary N) is 3. The summed E-state index contributed by atoms with van der Waals surface area (Å²) in [5.74, 6) is -0.0426. The average molecular weight is 202 g/mol. The molecular formula is C10H23N3O. The number of carbonyl (C=O) groups excluding carboxylic acids is 1. The van der Waals surface area contributed by atoms with Crippen molar-refractivity contribution in [2.75, 3.05) is 33.2 Å². The highest BCUT2D eigenvalue weighted by molar-refractivity contribution is 5.77. The molecule has 84 valence electrons. The first-order chi connectivity index (χ1) is 7.20. The van der Waals surface area contributed by atoms with Gasteiger partial charge in [0.25, 0.3) is 0 Å². The third-order valence-corrected chi connectivity index (χ3v) is 1.81. The summed E-state index contributed by atoms with van der Waals surface area (Å²) in [6, 6.07) is 0. The summed E-state index contributed by atoms with van der Waals surface area (Å²) in [6.07, 6.45) is 2.92. The average Bonchev–Trinajstić information content (AvgIpc) is 2.24. The number of likely N-dealkylation sites (N-methyl/N-ethyl adjacent to an activating group) is 1. The zero-order valence-electron chi connectivity index (χ0n) is 10.2. The normalized spacial score (nSPS) is 13.4. The van der Waals surface area contributed by atoms with Crippen molar-refractivity contribution in [1.29, 1.82) is 0 Å². The minimum absolute atomic E-state index is 0.0426. The van der Waals surface area contributed by atoms with Crippen LogP contribution >= 0.6 is 0 Å². The maximum absolute atomic E-state index is 11.2. The van der Waals surface area contributed by atoms with Gasteiger partial charge in [0, 0.05) is 14.5 Å². The second-order valence-corrected chi connectivity index (χ2v) is 3.18.